The number of aromatic nitrogens is 1. The second-order valence-corrected chi connectivity index (χ2v) is 10.9. The quantitative estimate of drug-likeness (QED) is 0.313. The van der Waals surface area contributed by atoms with E-state index in [-0.39, 0.29) is 6.07 Å². The lowest BCUT2D eigenvalue weighted by molar-refractivity contribution is -0.143. The fourth-order valence-corrected chi connectivity index (χ4v) is 4.93. The Kier molecular flexibility index (Phi) is 8.14. The zero-order valence-electron chi connectivity index (χ0n) is 23.5. The molecular formula is C30H32F6N4O. The summed E-state index contributed by atoms with van der Waals surface area (Å²) in [5, 5.41) is 0. The van der Waals surface area contributed by atoms with Crippen LogP contribution in [0.25, 0.3) is 11.3 Å². The van der Waals surface area contributed by atoms with E-state index in [9.17, 15) is 31.1 Å². The van der Waals surface area contributed by atoms with E-state index in [1.807, 2.05) is 38.2 Å². The van der Waals surface area contributed by atoms with Crippen LogP contribution in [0.15, 0.2) is 54.6 Å². The Hall–Kier alpha value is -3.60. The Morgan fingerprint density at radius 3 is 1.90 bits per heavy atom. The Bertz CT molecular complexity index is 1390. The molecule has 0 atom stereocenters. The molecule has 1 aliphatic rings. The minimum atomic E-state index is -5.03. The van der Waals surface area contributed by atoms with E-state index in [1.54, 1.807) is 12.1 Å². The van der Waals surface area contributed by atoms with E-state index < -0.39 is 40.4 Å². The number of amides is 1. The number of carbonyl (C=O) groups is 1. The lowest BCUT2D eigenvalue weighted by atomic mass is 9.81. The van der Waals surface area contributed by atoms with Crippen LogP contribution < -0.4 is 9.80 Å². The van der Waals surface area contributed by atoms with Crippen molar-refractivity contribution >= 4 is 17.4 Å². The largest absolute Gasteiger partial charge is 0.416 e. The molecule has 0 N–H and O–H groups in total. The van der Waals surface area contributed by atoms with Gasteiger partial charge in [0, 0.05) is 38.8 Å². The molecule has 3 aromatic rings. The molecule has 41 heavy (non-hydrogen) atoms. The number of piperazine rings is 1. The van der Waals surface area contributed by atoms with Crippen LogP contribution in [0.1, 0.15) is 36.1 Å². The van der Waals surface area contributed by atoms with Gasteiger partial charge >= 0.3 is 12.4 Å². The van der Waals surface area contributed by atoms with Crippen LogP contribution in [0.2, 0.25) is 0 Å². The van der Waals surface area contributed by atoms with E-state index in [0.29, 0.717) is 29.3 Å². The van der Waals surface area contributed by atoms with Gasteiger partial charge < -0.3 is 14.7 Å². The summed E-state index contributed by atoms with van der Waals surface area (Å²) in [7, 11) is 3.49. The standard InChI is InChI=1S/C30H32F6N4O/c1-19-8-6-7-9-23(19)26-24(10-11-25(37-26)40-14-12-38(4)13-15-40)39(5)27(41)28(2,3)20-16-21(29(31,32)33)18-22(17-20)30(34,35)36/h6-11,16-18H,12-15H2,1-5H3. The Morgan fingerprint density at radius 2 is 1.37 bits per heavy atom. The molecule has 0 radical (unpaired) electrons. The highest BCUT2D eigenvalue weighted by Gasteiger charge is 2.41. The van der Waals surface area contributed by atoms with Crippen molar-refractivity contribution in [3.05, 3.63) is 76.9 Å². The monoisotopic (exact) mass is 578 g/mol. The van der Waals surface area contributed by atoms with E-state index in [2.05, 4.69) is 9.80 Å². The number of pyridine rings is 1. The normalized spacial score (nSPS) is 15.2. The molecule has 0 unspecified atom stereocenters. The average Bonchev–Trinajstić information content (AvgIpc) is 2.91. The van der Waals surface area contributed by atoms with Gasteiger partial charge in [0.25, 0.3) is 0 Å². The molecule has 220 valence electrons. The molecule has 1 aromatic heterocycles. The lowest BCUT2D eigenvalue weighted by Crippen LogP contribution is -2.45. The van der Waals surface area contributed by atoms with Crippen LogP contribution in [0.4, 0.5) is 37.8 Å². The van der Waals surface area contributed by atoms with Crippen molar-refractivity contribution in [1.29, 1.82) is 0 Å². The van der Waals surface area contributed by atoms with E-state index >= 15 is 0 Å². The third-order valence-corrected chi connectivity index (χ3v) is 7.60. The van der Waals surface area contributed by atoms with Crippen LogP contribution >= 0.6 is 0 Å². The number of anilines is 2. The smallest absolute Gasteiger partial charge is 0.354 e. The van der Waals surface area contributed by atoms with Gasteiger partial charge in [0.05, 0.1) is 27.9 Å². The molecule has 1 aliphatic heterocycles. The maximum Gasteiger partial charge on any atom is 0.416 e. The highest BCUT2D eigenvalue weighted by atomic mass is 19.4. The maximum absolute atomic E-state index is 13.9. The minimum Gasteiger partial charge on any atom is -0.354 e. The van der Waals surface area contributed by atoms with E-state index in [4.69, 9.17) is 4.98 Å². The molecule has 2 aromatic carbocycles. The fraction of sp³-hybridized carbons (Fsp3) is 0.400. The van der Waals surface area contributed by atoms with Crippen molar-refractivity contribution in [1.82, 2.24) is 9.88 Å². The number of likely N-dealkylation sites (N-methyl/N-ethyl adjacent to an activating group) is 2. The summed E-state index contributed by atoms with van der Waals surface area (Å²) >= 11 is 0. The van der Waals surface area contributed by atoms with Crippen molar-refractivity contribution in [2.45, 2.75) is 38.5 Å². The van der Waals surface area contributed by atoms with Crippen LogP contribution in [0.5, 0.6) is 0 Å². The Balaban J connectivity index is 1.79. The number of halogens is 6. The van der Waals surface area contributed by atoms with Gasteiger partial charge in [-0.1, -0.05) is 24.3 Å². The highest BCUT2D eigenvalue weighted by molar-refractivity contribution is 6.03. The summed E-state index contributed by atoms with van der Waals surface area (Å²) < 4.78 is 81.4. The SMILES string of the molecule is Cc1ccccc1-c1nc(N2CCN(C)CC2)ccc1N(C)C(=O)C(C)(C)c1cc(C(F)(F)F)cc(C(F)(F)F)c1. The first kappa shape index (κ1) is 30.4. The van der Waals surface area contributed by atoms with Crippen LogP contribution in [0.3, 0.4) is 0 Å². The van der Waals surface area contributed by atoms with Crippen molar-refractivity contribution in [3.63, 3.8) is 0 Å². The first-order chi connectivity index (χ1) is 19.0. The fourth-order valence-electron chi connectivity index (χ4n) is 4.93. The van der Waals surface area contributed by atoms with E-state index in [1.165, 1.54) is 25.8 Å². The second-order valence-electron chi connectivity index (χ2n) is 10.9. The van der Waals surface area contributed by atoms with Crippen LogP contribution in [0, 0.1) is 6.92 Å². The van der Waals surface area contributed by atoms with Gasteiger partial charge in [-0.25, -0.2) is 4.98 Å². The minimum absolute atomic E-state index is 0.0606. The third kappa shape index (κ3) is 6.34. The predicted molar refractivity (Wildman–Crippen MR) is 147 cm³/mol. The number of benzene rings is 2. The first-order valence-corrected chi connectivity index (χ1v) is 13.1. The maximum atomic E-state index is 13.9. The topological polar surface area (TPSA) is 39.7 Å². The molecule has 1 amide bonds. The molecule has 0 spiro atoms. The number of hydrogen-bond donors (Lipinski definition) is 0. The lowest BCUT2D eigenvalue weighted by Gasteiger charge is -2.34. The molecule has 0 aliphatic carbocycles. The van der Waals surface area contributed by atoms with Gasteiger partial charge in [-0.2, -0.15) is 26.3 Å². The third-order valence-electron chi connectivity index (χ3n) is 7.60. The molecule has 4 rings (SSSR count). The van der Waals surface area contributed by atoms with Crippen LogP contribution in [-0.4, -0.2) is 56.1 Å². The van der Waals surface area contributed by atoms with Crippen molar-refractivity contribution in [2.24, 2.45) is 0 Å². The number of carbonyl (C=O) groups excluding carboxylic acids is 1. The number of aryl methyl sites for hydroxylation is 1. The van der Waals surface area contributed by atoms with Gasteiger partial charge in [-0.15, -0.1) is 0 Å². The molecular weight excluding hydrogens is 546 g/mol. The number of nitrogens with zero attached hydrogens (tertiary/aromatic N) is 4. The highest BCUT2D eigenvalue weighted by Crippen LogP contribution is 2.41. The summed E-state index contributed by atoms with van der Waals surface area (Å²) in [5.41, 5.74) is -2.54. The molecule has 1 saturated heterocycles. The van der Waals surface area contributed by atoms with E-state index in [0.717, 1.165) is 37.3 Å². The number of rotatable bonds is 5. The van der Waals surface area contributed by atoms with Crippen LogP contribution in [-0.2, 0) is 22.6 Å². The zero-order valence-corrected chi connectivity index (χ0v) is 23.5. The summed E-state index contributed by atoms with van der Waals surface area (Å²) in [6.07, 6.45) is -10.1. The molecule has 0 bridgehead atoms. The molecule has 1 fully saturated rings. The molecule has 2 heterocycles. The zero-order chi connectivity index (χ0) is 30.3. The number of hydrogen-bond acceptors (Lipinski definition) is 4. The van der Waals surface area contributed by atoms with Crippen molar-refractivity contribution in [2.75, 3.05) is 50.1 Å². The Morgan fingerprint density at radius 1 is 0.829 bits per heavy atom. The summed E-state index contributed by atoms with van der Waals surface area (Å²) in [6.45, 7) is 7.77. The number of alkyl halides is 6. The van der Waals surface area contributed by atoms with Crippen molar-refractivity contribution in [3.8, 4) is 11.3 Å². The van der Waals surface area contributed by atoms with Gasteiger partial charge in [0.15, 0.2) is 0 Å². The van der Waals surface area contributed by atoms with Gasteiger partial charge in [-0.05, 0) is 69.3 Å². The molecule has 5 nitrogen and oxygen atoms in total. The molecule has 0 saturated carbocycles. The predicted octanol–water partition coefficient (Wildman–Crippen LogP) is 6.79. The Labute approximate surface area is 235 Å². The second kappa shape index (κ2) is 11.0. The average molecular weight is 579 g/mol. The first-order valence-electron chi connectivity index (χ1n) is 13.1. The summed E-state index contributed by atoms with van der Waals surface area (Å²) in [5.74, 6) is 0.0295. The van der Waals surface area contributed by atoms with Gasteiger partial charge in [0.2, 0.25) is 5.91 Å². The van der Waals surface area contributed by atoms with Gasteiger partial charge in [-0.3, -0.25) is 4.79 Å². The molecule has 11 heteroatoms. The van der Waals surface area contributed by atoms with Crippen molar-refractivity contribution < 1.29 is 31.1 Å². The summed E-state index contributed by atoms with van der Waals surface area (Å²) in [4.78, 5) is 24.4. The summed E-state index contributed by atoms with van der Waals surface area (Å²) in [6, 6.07) is 12.3. The van der Waals surface area contributed by atoms with Gasteiger partial charge in [0.1, 0.15) is 5.82 Å².